The zero-order valence-electron chi connectivity index (χ0n) is 6.31. The number of methoxy groups -OCH3 is 1. The second-order valence-corrected chi connectivity index (χ2v) is 2.61. The molecule has 1 heterocycles. The predicted molar refractivity (Wildman–Crippen MR) is 37.5 cm³/mol. The van der Waals surface area contributed by atoms with Crippen LogP contribution in [-0.4, -0.2) is 25.6 Å². The van der Waals surface area contributed by atoms with Crippen molar-refractivity contribution in [2.45, 2.75) is 18.4 Å². The Kier molecular flexibility index (Phi) is 2.44. The molecule has 0 amide bonds. The van der Waals surface area contributed by atoms with Crippen molar-refractivity contribution in [1.29, 1.82) is 0 Å². The summed E-state index contributed by atoms with van der Waals surface area (Å²) in [5, 5.41) is 2.66. The zero-order chi connectivity index (χ0) is 8.32. The highest BCUT2D eigenvalue weighted by Crippen LogP contribution is 2.25. The van der Waals surface area contributed by atoms with E-state index >= 15 is 0 Å². The van der Waals surface area contributed by atoms with Gasteiger partial charge in [-0.3, -0.25) is 0 Å². The number of hydrogen-bond donors (Lipinski definition) is 1. The average molecular weight is 163 g/mol. The maximum Gasteiger partial charge on any atom is 0.262 e. The first-order valence-corrected chi connectivity index (χ1v) is 3.45. The summed E-state index contributed by atoms with van der Waals surface area (Å²) in [4.78, 5) is 0. The first-order valence-electron chi connectivity index (χ1n) is 3.45. The number of nitrogens with one attached hydrogen (secondary N) is 1. The van der Waals surface area contributed by atoms with Crippen LogP contribution in [0.25, 0.3) is 0 Å². The first kappa shape index (κ1) is 8.46. The van der Waals surface area contributed by atoms with Crippen LogP contribution >= 0.6 is 0 Å². The molecule has 1 saturated heterocycles. The van der Waals surface area contributed by atoms with Crippen molar-refractivity contribution in [2.24, 2.45) is 0 Å². The van der Waals surface area contributed by atoms with Gasteiger partial charge in [0.05, 0.1) is 19.9 Å². The Morgan fingerprint density at radius 2 is 2.36 bits per heavy atom. The zero-order valence-corrected chi connectivity index (χ0v) is 6.31. The Bertz CT molecular complexity index is 159. The molecule has 0 saturated carbocycles. The fourth-order valence-corrected chi connectivity index (χ4v) is 1.06. The Hall–Kier alpha value is -0.640. The van der Waals surface area contributed by atoms with Gasteiger partial charge in [-0.25, -0.2) is 8.78 Å². The summed E-state index contributed by atoms with van der Waals surface area (Å²) in [5.41, 5.74) is 0. The minimum atomic E-state index is -2.55. The Morgan fingerprint density at radius 1 is 1.64 bits per heavy atom. The highest BCUT2D eigenvalue weighted by Gasteiger charge is 2.37. The molecule has 1 atom stereocenters. The molecule has 1 N–H and O–H groups in total. The quantitative estimate of drug-likeness (QED) is 0.616. The smallest absolute Gasteiger partial charge is 0.262 e. The normalized spacial score (nSPS) is 29.5. The van der Waals surface area contributed by atoms with Crippen LogP contribution in [-0.2, 0) is 4.74 Å². The molecule has 0 aromatic heterocycles. The van der Waals surface area contributed by atoms with E-state index in [1.807, 2.05) is 0 Å². The summed E-state index contributed by atoms with van der Waals surface area (Å²) in [7, 11) is 1.49. The average Bonchev–Trinajstić information content (AvgIpc) is 2.26. The van der Waals surface area contributed by atoms with E-state index < -0.39 is 5.92 Å². The fourth-order valence-electron chi connectivity index (χ4n) is 1.06. The van der Waals surface area contributed by atoms with Crippen LogP contribution in [0.2, 0.25) is 0 Å². The highest BCUT2D eigenvalue weighted by atomic mass is 19.3. The fraction of sp³-hybridized carbons (Fsp3) is 0.714. The van der Waals surface area contributed by atoms with E-state index in [0.29, 0.717) is 0 Å². The summed E-state index contributed by atoms with van der Waals surface area (Å²) in [5.74, 6) is -2.55. The number of alkyl halides is 2. The van der Waals surface area contributed by atoms with Gasteiger partial charge in [0.1, 0.15) is 0 Å². The molecular weight excluding hydrogens is 152 g/mol. The van der Waals surface area contributed by atoms with Crippen LogP contribution in [0.15, 0.2) is 12.3 Å². The van der Waals surface area contributed by atoms with Crippen LogP contribution in [0.1, 0.15) is 6.42 Å². The molecule has 11 heavy (non-hydrogen) atoms. The van der Waals surface area contributed by atoms with E-state index in [9.17, 15) is 8.78 Å². The van der Waals surface area contributed by atoms with E-state index in [1.54, 1.807) is 6.08 Å². The number of halogens is 2. The second-order valence-electron chi connectivity index (χ2n) is 2.61. The standard InChI is InChI=1S/C7H11F2NO/c1-11-3-2-6-4-7(8,9)5-10-6/h2-3,6,10H,4-5H2,1H3/b3-2+. The molecule has 0 aromatic carbocycles. The molecule has 0 spiro atoms. The SMILES string of the molecule is CO/C=C/C1CC(F)(F)CN1. The van der Waals surface area contributed by atoms with Crippen molar-refractivity contribution in [3.05, 3.63) is 12.3 Å². The topological polar surface area (TPSA) is 21.3 Å². The van der Waals surface area contributed by atoms with Gasteiger partial charge >= 0.3 is 0 Å². The molecule has 64 valence electrons. The Labute approximate surface area is 64.2 Å². The van der Waals surface area contributed by atoms with Crippen molar-refractivity contribution < 1.29 is 13.5 Å². The summed E-state index contributed by atoms with van der Waals surface area (Å²) >= 11 is 0. The lowest BCUT2D eigenvalue weighted by molar-refractivity contribution is 0.0222. The molecule has 0 aliphatic carbocycles. The molecule has 4 heteroatoms. The summed E-state index contributed by atoms with van der Waals surface area (Å²) in [6.45, 7) is -0.230. The molecule has 0 bridgehead atoms. The minimum Gasteiger partial charge on any atom is -0.505 e. The van der Waals surface area contributed by atoms with E-state index in [-0.39, 0.29) is 19.0 Å². The van der Waals surface area contributed by atoms with Crippen LogP contribution < -0.4 is 5.32 Å². The third kappa shape index (κ3) is 2.46. The number of rotatable bonds is 2. The number of hydrogen-bond acceptors (Lipinski definition) is 2. The molecule has 1 rings (SSSR count). The van der Waals surface area contributed by atoms with Gasteiger partial charge < -0.3 is 10.1 Å². The molecule has 1 aliphatic rings. The lowest BCUT2D eigenvalue weighted by Crippen LogP contribution is -2.20. The van der Waals surface area contributed by atoms with Crippen molar-refractivity contribution in [3.8, 4) is 0 Å². The van der Waals surface area contributed by atoms with Crippen LogP contribution in [0.3, 0.4) is 0 Å². The lowest BCUT2D eigenvalue weighted by Gasteiger charge is -2.04. The summed E-state index contributed by atoms with van der Waals surface area (Å²) < 4.78 is 29.6. The van der Waals surface area contributed by atoms with Crippen LogP contribution in [0.5, 0.6) is 0 Å². The molecule has 0 aromatic rings. The summed E-state index contributed by atoms with van der Waals surface area (Å²) in [6, 6.07) is -0.245. The lowest BCUT2D eigenvalue weighted by atomic mass is 10.2. The molecule has 2 nitrogen and oxygen atoms in total. The van der Waals surface area contributed by atoms with E-state index in [4.69, 9.17) is 0 Å². The molecule has 1 unspecified atom stereocenters. The van der Waals surface area contributed by atoms with Gasteiger partial charge in [0.15, 0.2) is 0 Å². The third-order valence-electron chi connectivity index (χ3n) is 1.59. The maximum atomic E-state index is 12.5. The van der Waals surface area contributed by atoms with Gasteiger partial charge in [-0.15, -0.1) is 0 Å². The molecule has 1 fully saturated rings. The third-order valence-corrected chi connectivity index (χ3v) is 1.59. The van der Waals surface area contributed by atoms with Crippen LogP contribution in [0.4, 0.5) is 8.78 Å². The van der Waals surface area contributed by atoms with Gasteiger partial charge in [0.2, 0.25) is 0 Å². The molecular formula is C7H11F2NO. The van der Waals surface area contributed by atoms with Gasteiger partial charge in [-0.05, 0) is 6.08 Å². The Balaban J connectivity index is 2.36. The van der Waals surface area contributed by atoms with E-state index in [0.717, 1.165) is 0 Å². The van der Waals surface area contributed by atoms with Crippen molar-refractivity contribution >= 4 is 0 Å². The highest BCUT2D eigenvalue weighted by molar-refractivity contribution is 4.98. The first-order chi connectivity index (χ1) is 5.14. The van der Waals surface area contributed by atoms with Crippen molar-refractivity contribution in [1.82, 2.24) is 5.32 Å². The van der Waals surface area contributed by atoms with Gasteiger partial charge in [-0.2, -0.15) is 0 Å². The molecule has 0 radical (unpaired) electrons. The van der Waals surface area contributed by atoms with E-state index in [1.165, 1.54) is 13.4 Å². The van der Waals surface area contributed by atoms with Gasteiger partial charge in [0, 0.05) is 12.5 Å². The van der Waals surface area contributed by atoms with Gasteiger partial charge in [-0.1, -0.05) is 0 Å². The maximum absolute atomic E-state index is 12.5. The van der Waals surface area contributed by atoms with Crippen molar-refractivity contribution in [2.75, 3.05) is 13.7 Å². The Morgan fingerprint density at radius 3 is 2.82 bits per heavy atom. The van der Waals surface area contributed by atoms with E-state index in [2.05, 4.69) is 10.1 Å². The largest absolute Gasteiger partial charge is 0.505 e. The number of ether oxygens (including phenoxy) is 1. The van der Waals surface area contributed by atoms with Gasteiger partial charge in [0.25, 0.3) is 5.92 Å². The van der Waals surface area contributed by atoms with Crippen molar-refractivity contribution in [3.63, 3.8) is 0 Å². The monoisotopic (exact) mass is 163 g/mol. The summed E-state index contributed by atoms with van der Waals surface area (Å²) in [6.07, 6.45) is 2.88. The predicted octanol–water partition coefficient (Wildman–Crippen LogP) is 1.14. The molecule has 1 aliphatic heterocycles. The second kappa shape index (κ2) is 3.17. The van der Waals surface area contributed by atoms with Crippen LogP contribution in [0, 0.1) is 0 Å². The minimum absolute atomic E-state index is 0.132.